The molecule has 0 radical (unpaired) electrons. The average molecular weight is 555 g/mol. The predicted molar refractivity (Wildman–Crippen MR) is 148 cm³/mol. The summed E-state index contributed by atoms with van der Waals surface area (Å²) >= 11 is 8.80. The Hall–Kier alpha value is -3.34. The number of aryl methyl sites for hydroxylation is 2. The molecule has 8 nitrogen and oxygen atoms in total. The molecule has 4 aromatic rings. The lowest BCUT2D eigenvalue weighted by Crippen LogP contribution is -2.24. The zero-order valence-corrected chi connectivity index (χ0v) is 22.3. The van der Waals surface area contributed by atoms with Crippen molar-refractivity contribution in [3.05, 3.63) is 73.8 Å². The maximum Gasteiger partial charge on any atom is 0.267 e. The summed E-state index contributed by atoms with van der Waals surface area (Å²) in [5.74, 6) is 0.0326. The third-order valence-corrected chi connectivity index (χ3v) is 8.19. The molecule has 1 amide bonds. The van der Waals surface area contributed by atoms with Crippen LogP contribution in [0.4, 0.5) is 0 Å². The number of amides is 1. The Morgan fingerprint density at radius 2 is 2.11 bits per heavy atom. The molecule has 2 aromatic heterocycles. The van der Waals surface area contributed by atoms with Crippen LogP contribution in [0.15, 0.2) is 57.5 Å². The number of rotatable bonds is 8. The van der Waals surface area contributed by atoms with Crippen LogP contribution in [0.25, 0.3) is 15.9 Å². The van der Waals surface area contributed by atoms with E-state index in [2.05, 4.69) is 10.5 Å². The van der Waals surface area contributed by atoms with Gasteiger partial charge >= 0.3 is 0 Å². The van der Waals surface area contributed by atoms with Gasteiger partial charge in [-0.3, -0.25) is 14.2 Å². The summed E-state index contributed by atoms with van der Waals surface area (Å²) < 4.78 is 6.92. The smallest absolute Gasteiger partial charge is 0.267 e. The van der Waals surface area contributed by atoms with Crippen LogP contribution in [0.2, 0.25) is 5.02 Å². The number of carbonyl (C=O) groups excluding carboxylic acids is 1. The van der Waals surface area contributed by atoms with Crippen molar-refractivity contribution in [1.29, 1.82) is 0 Å². The minimum Gasteiger partial charge on any atom is -0.504 e. The molecule has 2 N–H and O–H groups in total. The van der Waals surface area contributed by atoms with E-state index in [1.165, 1.54) is 28.9 Å². The lowest BCUT2D eigenvalue weighted by atomic mass is 10.2. The first kappa shape index (κ1) is 25.3. The molecule has 1 aliphatic rings. The maximum atomic E-state index is 13.7. The van der Waals surface area contributed by atoms with Crippen LogP contribution in [0, 0.1) is 0 Å². The summed E-state index contributed by atoms with van der Waals surface area (Å²) in [4.78, 5) is 32.9. The number of nitrogens with one attached hydrogen (secondary N) is 1. The van der Waals surface area contributed by atoms with E-state index in [9.17, 15) is 14.7 Å². The number of hydrogen-bond donors (Lipinski definition) is 2. The molecule has 0 saturated heterocycles. The van der Waals surface area contributed by atoms with E-state index in [0.29, 0.717) is 44.0 Å². The minimum absolute atomic E-state index is 0.00768. The molecular formula is C26H23ClN4O4S2. The number of phenolic OH excluding ortho intramolecular Hbond substituents is 1. The molecule has 2 heterocycles. The van der Waals surface area contributed by atoms with Gasteiger partial charge in [0.15, 0.2) is 16.7 Å². The molecule has 0 fully saturated rings. The van der Waals surface area contributed by atoms with Gasteiger partial charge in [0.2, 0.25) is 0 Å². The number of aromatic nitrogens is 2. The van der Waals surface area contributed by atoms with Crippen molar-refractivity contribution >= 4 is 57.0 Å². The number of phenols is 1. The SMILES string of the molecule is CCOc1cc(C=NNC(=O)CSc2nc3sc4c(c3c(=O)n2-c2ccc(Cl)cc2)CCC4)ccc1O. The Bertz CT molecular complexity index is 1560. The van der Waals surface area contributed by atoms with E-state index in [4.69, 9.17) is 21.3 Å². The van der Waals surface area contributed by atoms with Gasteiger partial charge in [-0.15, -0.1) is 11.3 Å². The highest BCUT2D eigenvalue weighted by Crippen LogP contribution is 2.36. The fourth-order valence-electron chi connectivity index (χ4n) is 4.16. The number of aromatic hydroxyl groups is 1. The first-order valence-corrected chi connectivity index (χ1v) is 13.9. The molecule has 2 aromatic carbocycles. The largest absolute Gasteiger partial charge is 0.504 e. The molecule has 0 saturated carbocycles. The first-order chi connectivity index (χ1) is 17.9. The van der Waals surface area contributed by atoms with E-state index >= 15 is 0 Å². The fourth-order valence-corrected chi connectivity index (χ4v) is 6.40. The van der Waals surface area contributed by atoms with Crippen LogP contribution in [0.5, 0.6) is 11.5 Å². The molecule has 0 bridgehead atoms. The minimum atomic E-state index is -0.351. The van der Waals surface area contributed by atoms with Gasteiger partial charge in [-0.2, -0.15) is 5.10 Å². The topological polar surface area (TPSA) is 106 Å². The second-order valence-electron chi connectivity index (χ2n) is 8.29. The third kappa shape index (κ3) is 5.36. The number of benzene rings is 2. The van der Waals surface area contributed by atoms with Crippen molar-refractivity contribution in [2.75, 3.05) is 12.4 Å². The summed E-state index contributed by atoms with van der Waals surface area (Å²) in [5.41, 5.74) is 4.76. The normalized spacial score (nSPS) is 12.8. The second-order valence-corrected chi connectivity index (χ2v) is 10.8. The van der Waals surface area contributed by atoms with Crippen molar-refractivity contribution in [2.24, 2.45) is 5.10 Å². The van der Waals surface area contributed by atoms with Gasteiger partial charge in [-0.25, -0.2) is 10.4 Å². The molecule has 1 aliphatic carbocycles. The molecule has 0 atom stereocenters. The molecule has 37 heavy (non-hydrogen) atoms. The maximum absolute atomic E-state index is 13.7. The Kier molecular flexibility index (Phi) is 7.50. The fraction of sp³-hybridized carbons (Fsp3) is 0.231. The van der Waals surface area contributed by atoms with Gasteiger partial charge in [-0.1, -0.05) is 23.4 Å². The summed E-state index contributed by atoms with van der Waals surface area (Å²) in [6, 6.07) is 11.8. The van der Waals surface area contributed by atoms with Crippen LogP contribution in [-0.4, -0.2) is 39.1 Å². The highest BCUT2D eigenvalue weighted by Gasteiger charge is 2.24. The van der Waals surface area contributed by atoms with Crippen LogP contribution in [0.1, 0.15) is 29.3 Å². The number of nitrogens with zero attached hydrogens (tertiary/aromatic N) is 3. The Morgan fingerprint density at radius 3 is 2.89 bits per heavy atom. The number of hydrogen-bond acceptors (Lipinski definition) is 8. The summed E-state index contributed by atoms with van der Waals surface area (Å²) in [6.07, 6.45) is 4.36. The van der Waals surface area contributed by atoms with E-state index in [1.807, 2.05) is 6.92 Å². The van der Waals surface area contributed by atoms with E-state index in [0.717, 1.165) is 24.8 Å². The zero-order chi connectivity index (χ0) is 25.9. The standard InChI is InChI=1S/C26H23ClN4O4S2/c1-2-35-20-12-15(6-11-19(20)32)13-28-30-22(33)14-36-26-29-24-23(18-4-3-5-21(18)37-24)25(34)31(26)17-9-7-16(27)8-10-17/h6-13,32H,2-5,14H2,1H3,(H,30,33). The molecule has 0 spiro atoms. The van der Waals surface area contributed by atoms with Crippen LogP contribution in [-0.2, 0) is 17.6 Å². The Labute approximate surface area is 226 Å². The van der Waals surface area contributed by atoms with Crippen molar-refractivity contribution in [3.63, 3.8) is 0 Å². The number of thiophene rings is 1. The van der Waals surface area contributed by atoms with Crippen LogP contribution in [0.3, 0.4) is 0 Å². The highest BCUT2D eigenvalue weighted by atomic mass is 35.5. The molecule has 0 aliphatic heterocycles. The number of halogens is 1. The van der Waals surface area contributed by atoms with Gasteiger partial charge in [0.1, 0.15) is 4.83 Å². The first-order valence-electron chi connectivity index (χ1n) is 11.7. The van der Waals surface area contributed by atoms with Gasteiger partial charge < -0.3 is 9.84 Å². The predicted octanol–water partition coefficient (Wildman–Crippen LogP) is 4.94. The van der Waals surface area contributed by atoms with Crippen molar-refractivity contribution in [1.82, 2.24) is 15.0 Å². The van der Waals surface area contributed by atoms with Crippen molar-refractivity contribution < 1.29 is 14.6 Å². The second kappa shape index (κ2) is 11.0. The van der Waals surface area contributed by atoms with Gasteiger partial charge in [0, 0.05) is 9.90 Å². The van der Waals surface area contributed by atoms with Crippen molar-refractivity contribution in [3.8, 4) is 17.2 Å². The van der Waals surface area contributed by atoms with Gasteiger partial charge in [0.05, 0.1) is 29.6 Å². The third-order valence-electron chi connectivity index (χ3n) is 5.81. The molecule has 5 rings (SSSR count). The summed E-state index contributed by atoms with van der Waals surface area (Å²) in [6.45, 7) is 2.24. The van der Waals surface area contributed by atoms with Gasteiger partial charge in [-0.05, 0) is 79.8 Å². The van der Waals surface area contributed by atoms with Gasteiger partial charge in [0.25, 0.3) is 11.5 Å². The molecule has 11 heteroatoms. The molecule has 190 valence electrons. The number of ether oxygens (including phenoxy) is 1. The van der Waals surface area contributed by atoms with Crippen molar-refractivity contribution in [2.45, 2.75) is 31.3 Å². The lowest BCUT2D eigenvalue weighted by molar-refractivity contribution is -0.118. The number of fused-ring (bicyclic) bond motifs is 3. The average Bonchev–Trinajstić information content (AvgIpc) is 3.47. The zero-order valence-electron chi connectivity index (χ0n) is 19.9. The summed E-state index contributed by atoms with van der Waals surface area (Å²) in [7, 11) is 0. The number of carbonyl (C=O) groups is 1. The quantitative estimate of drug-likeness (QED) is 0.138. The van der Waals surface area contributed by atoms with E-state index in [1.54, 1.807) is 52.3 Å². The Morgan fingerprint density at radius 1 is 1.30 bits per heavy atom. The molecule has 0 unspecified atom stereocenters. The van der Waals surface area contributed by atoms with Crippen LogP contribution < -0.4 is 15.7 Å². The molecular weight excluding hydrogens is 532 g/mol. The van der Waals surface area contributed by atoms with Crippen LogP contribution >= 0.6 is 34.7 Å². The highest BCUT2D eigenvalue weighted by molar-refractivity contribution is 7.99. The summed E-state index contributed by atoms with van der Waals surface area (Å²) in [5, 5.41) is 15.5. The monoisotopic (exact) mass is 554 g/mol. The van der Waals surface area contributed by atoms with E-state index in [-0.39, 0.29) is 23.0 Å². The number of hydrazone groups is 1. The lowest BCUT2D eigenvalue weighted by Gasteiger charge is -2.12. The van der Waals surface area contributed by atoms with E-state index < -0.39 is 0 Å². The Balaban J connectivity index is 1.36. The number of thioether (sulfide) groups is 1.